The standard InChI is InChI=1S/C18H26N6O2/c1-13(2)17(25)22-6-7-24-16(12-22)8-15(21-24)10-20-18(26)23-5-3-4-14(9-19)11-23/h8,13-14H,3-7,10-12H2,1-2H3,(H,20,26). The molecule has 1 unspecified atom stereocenters. The van der Waals surface area contributed by atoms with Crippen LogP contribution < -0.4 is 5.32 Å². The van der Waals surface area contributed by atoms with Gasteiger partial charge in [-0.25, -0.2) is 4.79 Å². The SMILES string of the molecule is CC(C)C(=O)N1CCn2nc(CNC(=O)N3CCCC(C#N)C3)cc2C1. The van der Waals surface area contributed by atoms with Crippen molar-refractivity contribution in [3.8, 4) is 6.07 Å². The molecule has 3 heterocycles. The molecule has 1 aromatic rings. The van der Waals surface area contributed by atoms with Crippen LogP contribution in [0.25, 0.3) is 0 Å². The van der Waals surface area contributed by atoms with Crippen molar-refractivity contribution in [3.05, 3.63) is 17.5 Å². The summed E-state index contributed by atoms with van der Waals surface area (Å²) in [5.41, 5.74) is 1.79. The number of nitrogens with zero attached hydrogens (tertiary/aromatic N) is 5. The third-order valence-electron chi connectivity index (χ3n) is 4.97. The van der Waals surface area contributed by atoms with Gasteiger partial charge < -0.3 is 15.1 Å². The predicted molar refractivity (Wildman–Crippen MR) is 94.6 cm³/mol. The van der Waals surface area contributed by atoms with E-state index < -0.39 is 0 Å². The molecule has 0 aliphatic carbocycles. The summed E-state index contributed by atoms with van der Waals surface area (Å²) in [6.07, 6.45) is 1.73. The number of likely N-dealkylation sites (tertiary alicyclic amines) is 1. The molecule has 8 nitrogen and oxygen atoms in total. The second kappa shape index (κ2) is 7.77. The molecule has 1 atom stereocenters. The number of fused-ring (bicyclic) bond motifs is 1. The van der Waals surface area contributed by atoms with Gasteiger partial charge in [0.15, 0.2) is 0 Å². The second-order valence-corrected chi connectivity index (χ2v) is 7.34. The maximum Gasteiger partial charge on any atom is 0.317 e. The molecule has 3 rings (SSSR count). The minimum absolute atomic E-state index is 0.00925. The zero-order chi connectivity index (χ0) is 18.7. The van der Waals surface area contributed by atoms with Crippen LogP contribution in [0.4, 0.5) is 4.79 Å². The highest BCUT2D eigenvalue weighted by Crippen LogP contribution is 2.17. The van der Waals surface area contributed by atoms with Crippen LogP contribution in [0.5, 0.6) is 0 Å². The maximum absolute atomic E-state index is 12.3. The van der Waals surface area contributed by atoms with Crippen LogP contribution >= 0.6 is 0 Å². The summed E-state index contributed by atoms with van der Waals surface area (Å²) in [6.45, 7) is 7.26. The molecule has 1 saturated heterocycles. The average molecular weight is 358 g/mol. The first-order valence-corrected chi connectivity index (χ1v) is 9.24. The van der Waals surface area contributed by atoms with Crippen molar-refractivity contribution in [2.75, 3.05) is 19.6 Å². The van der Waals surface area contributed by atoms with Crippen molar-refractivity contribution in [2.45, 2.75) is 46.3 Å². The number of piperidine rings is 1. The van der Waals surface area contributed by atoms with Gasteiger partial charge in [-0.2, -0.15) is 10.4 Å². The van der Waals surface area contributed by atoms with Gasteiger partial charge in [-0.15, -0.1) is 0 Å². The Bertz CT molecular complexity index is 720. The van der Waals surface area contributed by atoms with Gasteiger partial charge >= 0.3 is 6.03 Å². The van der Waals surface area contributed by atoms with Crippen LogP contribution in [0.2, 0.25) is 0 Å². The Labute approximate surface area is 153 Å². The van der Waals surface area contributed by atoms with E-state index in [-0.39, 0.29) is 23.8 Å². The minimum atomic E-state index is -0.146. The number of hydrogen-bond donors (Lipinski definition) is 1. The Kier molecular flexibility index (Phi) is 5.45. The van der Waals surface area contributed by atoms with Crippen molar-refractivity contribution in [1.82, 2.24) is 24.9 Å². The van der Waals surface area contributed by atoms with Crippen LogP contribution in [0.1, 0.15) is 38.1 Å². The lowest BCUT2D eigenvalue weighted by Crippen LogP contribution is -2.45. The van der Waals surface area contributed by atoms with Gasteiger partial charge in [0.1, 0.15) is 0 Å². The summed E-state index contributed by atoms with van der Waals surface area (Å²) < 4.78 is 1.91. The third-order valence-corrected chi connectivity index (χ3v) is 4.97. The van der Waals surface area contributed by atoms with Gasteiger partial charge in [-0.3, -0.25) is 9.48 Å². The first-order valence-electron chi connectivity index (χ1n) is 9.24. The number of nitriles is 1. The van der Waals surface area contributed by atoms with E-state index in [1.165, 1.54) is 0 Å². The molecule has 8 heteroatoms. The molecule has 1 aromatic heterocycles. The second-order valence-electron chi connectivity index (χ2n) is 7.34. The van der Waals surface area contributed by atoms with Gasteiger partial charge in [-0.1, -0.05) is 13.8 Å². The summed E-state index contributed by atoms with van der Waals surface area (Å²) in [5, 5.41) is 16.5. The molecule has 3 amide bonds. The number of nitrogens with one attached hydrogen (secondary N) is 1. The monoisotopic (exact) mass is 358 g/mol. The van der Waals surface area contributed by atoms with E-state index in [9.17, 15) is 9.59 Å². The topological polar surface area (TPSA) is 94.3 Å². The van der Waals surface area contributed by atoms with Gasteiger partial charge in [0.2, 0.25) is 5.91 Å². The highest BCUT2D eigenvalue weighted by molar-refractivity contribution is 5.78. The Hall–Kier alpha value is -2.56. The highest BCUT2D eigenvalue weighted by Gasteiger charge is 2.25. The zero-order valence-electron chi connectivity index (χ0n) is 15.4. The van der Waals surface area contributed by atoms with E-state index >= 15 is 0 Å². The third kappa shape index (κ3) is 3.98. The molecule has 1 N–H and O–H groups in total. The van der Waals surface area contributed by atoms with Crippen molar-refractivity contribution in [1.29, 1.82) is 5.26 Å². The van der Waals surface area contributed by atoms with Crippen LogP contribution in [-0.2, 0) is 24.4 Å². The summed E-state index contributed by atoms with van der Waals surface area (Å²) in [4.78, 5) is 28.0. The van der Waals surface area contributed by atoms with Gasteiger partial charge in [0.25, 0.3) is 0 Å². The molecule has 140 valence electrons. The maximum atomic E-state index is 12.3. The summed E-state index contributed by atoms with van der Waals surface area (Å²) in [5.74, 6) is 0.0772. The largest absolute Gasteiger partial charge is 0.335 e. The van der Waals surface area contributed by atoms with E-state index in [4.69, 9.17) is 5.26 Å². The smallest absolute Gasteiger partial charge is 0.317 e. The molecule has 0 bridgehead atoms. The van der Waals surface area contributed by atoms with Crippen molar-refractivity contribution >= 4 is 11.9 Å². The Balaban J connectivity index is 1.55. The molecule has 0 saturated carbocycles. The van der Waals surface area contributed by atoms with E-state index in [1.807, 2.05) is 29.5 Å². The molecule has 1 fully saturated rings. The molecule has 2 aliphatic heterocycles. The lowest BCUT2D eigenvalue weighted by Gasteiger charge is -2.29. The highest BCUT2D eigenvalue weighted by atomic mass is 16.2. The lowest BCUT2D eigenvalue weighted by molar-refractivity contribution is -0.136. The van der Waals surface area contributed by atoms with E-state index in [0.29, 0.717) is 39.3 Å². The number of amides is 3. The molecule has 26 heavy (non-hydrogen) atoms. The van der Waals surface area contributed by atoms with Crippen LogP contribution in [0, 0.1) is 23.2 Å². The number of carbonyl (C=O) groups is 2. The summed E-state index contributed by atoms with van der Waals surface area (Å²) in [6, 6.07) is 4.05. The van der Waals surface area contributed by atoms with Gasteiger partial charge in [0, 0.05) is 25.6 Å². The molecule has 0 aromatic carbocycles. The fraction of sp³-hybridized carbons (Fsp3) is 0.667. The van der Waals surface area contributed by atoms with Crippen molar-refractivity contribution in [3.63, 3.8) is 0 Å². The van der Waals surface area contributed by atoms with E-state index in [0.717, 1.165) is 24.2 Å². The first kappa shape index (κ1) is 18.2. The average Bonchev–Trinajstić information content (AvgIpc) is 3.07. The predicted octanol–water partition coefficient (Wildman–Crippen LogP) is 1.33. The molecule has 0 radical (unpaired) electrons. The first-order chi connectivity index (χ1) is 12.5. The van der Waals surface area contributed by atoms with Crippen LogP contribution in [-0.4, -0.2) is 51.2 Å². The normalized spacial score (nSPS) is 19.8. The van der Waals surface area contributed by atoms with E-state index in [2.05, 4.69) is 16.5 Å². The number of urea groups is 1. The van der Waals surface area contributed by atoms with Crippen LogP contribution in [0.3, 0.4) is 0 Å². The van der Waals surface area contributed by atoms with Crippen LogP contribution in [0.15, 0.2) is 6.07 Å². The van der Waals surface area contributed by atoms with Gasteiger partial charge in [0.05, 0.1) is 43.0 Å². The molecule has 2 aliphatic rings. The molecule has 0 spiro atoms. The Morgan fingerprint density at radius 3 is 2.88 bits per heavy atom. The van der Waals surface area contributed by atoms with E-state index in [1.54, 1.807) is 4.90 Å². The number of hydrogen-bond acceptors (Lipinski definition) is 4. The fourth-order valence-electron chi connectivity index (χ4n) is 3.51. The fourth-order valence-corrected chi connectivity index (χ4v) is 3.51. The van der Waals surface area contributed by atoms with Crippen molar-refractivity contribution in [2.24, 2.45) is 11.8 Å². The number of rotatable bonds is 3. The molecular weight excluding hydrogens is 332 g/mol. The number of carbonyl (C=O) groups excluding carboxylic acids is 2. The summed E-state index contributed by atoms with van der Waals surface area (Å²) in [7, 11) is 0. The Morgan fingerprint density at radius 2 is 2.15 bits per heavy atom. The Morgan fingerprint density at radius 1 is 1.35 bits per heavy atom. The number of aromatic nitrogens is 2. The van der Waals surface area contributed by atoms with Gasteiger partial charge in [-0.05, 0) is 18.9 Å². The summed E-state index contributed by atoms with van der Waals surface area (Å²) >= 11 is 0. The molecular formula is C18H26N6O2. The lowest BCUT2D eigenvalue weighted by atomic mass is 10.0. The minimum Gasteiger partial charge on any atom is -0.335 e. The van der Waals surface area contributed by atoms with Crippen molar-refractivity contribution < 1.29 is 9.59 Å². The zero-order valence-corrected chi connectivity index (χ0v) is 15.4. The quantitative estimate of drug-likeness (QED) is 0.882.